The molecule has 1 fully saturated rings. The summed E-state index contributed by atoms with van der Waals surface area (Å²) < 4.78 is 0. The van der Waals surface area contributed by atoms with E-state index in [1.807, 2.05) is 30.3 Å². The fourth-order valence-corrected chi connectivity index (χ4v) is 2.20. The predicted molar refractivity (Wildman–Crippen MR) is 66.2 cm³/mol. The third-order valence-electron chi connectivity index (χ3n) is 3.39. The quantitative estimate of drug-likeness (QED) is 0.770. The Labute approximate surface area is 97.7 Å². The zero-order chi connectivity index (χ0) is 11.4. The van der Waals surface area contributed by atoms with Gasteiger partial charge >= 0.3 is 0 Å². The number of aliphatic hydroxyl groups is 1. The van der Waals surface area contributed by atoms with Crippen LogP contribution in [0.5, 0.6) is 0 Å². The van der Waals surface area contributed by atoms with Crippen LogP contribution < -0.4 is 5.32 Å². The van der Waals surface area contributed by atoms with Gasteiger partial charge in [0, 0.05) is 12.6 Å². The highest BCUT2D eigenvalue weighted by Gasteiger charge is 2.29. The molecule has 2 heteroatoms. The summed E-state index contributed by atoms with van der Waals surface area (Å²) >= 11 is 0. The van der Waals surface area contributed by atoms with Crippen molar-refractivity contribution in [1.29, 1.82) is 0 Å². The molecule has 88 valence electrons. The molecule has 0 heterocycles. The first-order chi connectivity index (χ1) is 7.81. The molecule has 2 nitrogen and oxygen atoms in total. The van der Waals surface area contributed by atoms with Crippen molar-refractivity contribution in [2.45, 2.75) is 38.3 Å². The molecule has 0 saturated heterocycles. The van der Waals surface area contributed by atoms with Crippen molar-refractivity contribution in [3.8, 4) is 0 Å². The predicted octanol–water partition coefficient (Wildman–Crippen LogP) is 2.50. The van der Waals surface area contributed by atoms with Gasteiger partial charge in [0.05, 0.1) is 6.10 Å². The highest BCUT2D eigenvalue weighted by atomic mass is 16.3. The van der Waals surface area contributed by atoms with Crippen LogP contribution in [0, 0.1) is 5.92 Å². The highest BCUT2D eigenvalue weighted by molar-refractivity contribution is 5.17. The van der Waals surface area contributed by atoms with Gasteiger partial charge in [-0.2, -0.15) is 0 Å². The van der Waals surface area contributed by atoms with Crippen molar-refractivity contribution in [2.75, 3.05) is 6.54 Å². The van der Waals surface area contributed by atoms with Crippen molar-refractivity contribution < 1.29 is 5.11 Å². The maximum atomic E-state index is 10.0. The summed E-state index contributed by atoms with van der Waals surface area (Å²) in [7, 11) is 0. The second kappa shape index (κ2) is 5.46. The molecule has 2 N–H and O–H groups in total. The van der Waals surface area contributed by atoms with Crippen LogP contribution in [0.25, 0.3) is 0 Å². The van der Waals surface area contributed by atoms with Gasteiger partial charge in [0.1, 0.15) is 0 Å². The Kier molecular flexibility index (Phi) is 3.97. The maximum Gasteiger partial charge on any atom is 0.0914 e. The average Bonchev–Trinajstić information content (AvgIpc) is 3.15. The van der Waals surface area contributed by atoms with Gasteiger partial charge in [0.15, 0.2) is 0 Å². The lowest BCUT2D eigenvalue weighted by Gasteiger charge is -2.19. The monoisotopic (exact) mass is 219 g/mol. The van der Waals surface area contributed by atoms with Crippen LogP contribution in [-0.4, -0.2) is 17.7 Å². The molecule has 0 aromatic heterocycles. The topological polar surface area (TPSA) is 32.3 Å². The van der Waals surface area contributed by atoms with E-state index in [0.717, 1.165) is 17.9 Å². The van der Waals surface area contributed by atoms with Gasteiger partial charge in [-0.1, -0.05) is 37.3 Å². The van der Waals surface area contributed by atoms with Crippen molar-refractivity contribution in [2.24, 2.45) is 5.92 Å². The van der Waals surface area contributed by atoms with Crippen LogP contribution in [0.3, 0.4) is 0 Å². The lowest BCUT2D eigenvalue weighted by atomic mass is 10.1. The van der Waals surface area contributed by atoms with E-state index in [4.69, 9.17) is 0 Å². The second-order valence-corrected chi connectivity index (χ2v) is 4.69. The molecule has 0 spiro atoms. The minimum absolute atomic E-state index is 0.381. The third-order valence-corrected chi connectivity index (χ3v) is 3.39. The summed E-state index contributed by atoms with van der Waals surface area (Å²) in [5, 5.41) is 13.5. The SMILES string of the molecule is CCC(NCC(O)c1ccccc1)C1CC1. The lowest BCUT2D eigenvalue weighted by Crippen LogP contribution is -2.33. The average molecular weight is 219 g/mol. The molecule has 0 amide bonds. The molecule has 16 heavy (non-hydrogen) atoms. The Morgan fingerprint density at radius 3 is 2.56 bits per heavy atom. The molecule has 1 aromatic rings. The van der Waals surface area contributed by atoms with Crippen LogP contribution in [0.2, 0.25) is 0 Å². The van der Waals surface area contributed by atoms with Gasteiger partial charge < -0.3 is 10.4 Å². The second-order valence-electron chi connectivity index (χ2n) is 4.69. The van der Waals surface area contributed by atoms with E-state index < -0.39 is 0 Å². The Hall–Kier alpha value is -0.860. The molecule has 0 aliphatic heterocycles. The first-order valence-electron chi connectivity index (χ1n) is 6.27. The molecule has 1 saturated carbocycles. The van der Waals surface area contributed by atoms with E-state index in [2.05, 4.69) is 12.2 Å². The van der Waals surface area contributed by atoms with Crippen LogP contribution in [-0.2, 0) is 0 Å². The molecule has 1 aromatic carbocycles. The van der Waals surface area contributed by atoms with Crippen molar-refractivity contribution >= 4 is 0 Å². The zero-order valence-corrected chi connectivity index (χ0v) is 9.89. The molecular formula is C14H21NO. The molecular weight excluding hydrogens is 198 g/mol. The molecule has 1 aliphatic carbocycles. The third kappa shape index (κ3) is 3.06. The van der Waals surface area contributed by atoms with E-state index in [1.54, 1.807) is 0 Å². The molecule has 2 rings (SSSR count). The van der Waals surface area contributed by atoms with Gasteiger partial charge in [-0.15, -0.1) is 0 Å². The Morgan fingerprint density at radius 2 is 2.00 bits per heavy atom. The molecule has 0 bridgehead atoms. The Morgan fingerprint density at radius 1 is 1.31 bits per heavy atom. The summed E-state index contributed by atoms with van der Waals surface area (Å²) in [5.41, 5.74) is 1.00. The molecule has 2 unspecified atom stereocenters. The molecule has 2 atom stereocenters. The van der Waals surface area contributed by atoms with Gasteiger partial charge in [0.2, 0.25) is 0 Å². The highest BCUT2D eigenvalue weighted by Crippen LogP contribution is 2.34. The molecule has 0 radical (unpaired) electrons. The molecule has 1 aliphatic rings. The summed E-state index contributed by atoms with van der Waals surface area (Å²) in [5.74, 6) is 0.855. The number of rotatable bonds is 6. The van der Waals surface area contributed by atoms with E-state index in [1.165, 1.54) is 12.8 Å². The normalized spacial score (nSPS) is 19.4. The summed E-state index contributed by atoms with van der Waals surface area (Å²) in [6.07, 6.45) is 3.49. The van der Waals surface area contributed by atoms with Gasteiger partial charge in [-0.3, -0.25) is 0 Å². The van der Waals surface area contributed by atoms with Crippen LogP contribution in [0.15, 0.2) is 30.3 Å². The van der Waals surface area contributed by atoms with Crippen LogP contribution >= 0.6 is 0 Å². The van der Waals surface area contributed by atoms with Crippen molar-refractivity contribution in [3.05, 3.63) is 35.9 Å². The smallest absolute Gasteiger partial charge is 0.0914 e. The van der Waals surface area contributed by atoms with Crippen LogP contribution in [0.4, 0.5) is 0 Å². The minimum atomic E-state index is -0.381. The maximum absolute atomic E-state index is 10.0. The first-order valence-corrected chi connectivity index (χ1v) is 6.27. The van der Waals surface area contributed by atoms with Gasteiger partial charge in [-0.05, 0) is 30.7 Å². The summed E-state index contributed by atoms with van der Waals surface area (Å²) in [6, 6.07) is 10.5. The minimum Gasteiger partial charge on any atom is -0.387 e. The summed E-state index contributed by atoms with van der Waals surface area (Å²) in [4.78, 5) is 0. The summed E-state index contributed by atoms with van der Waals surface area (Å²) in [6.45, 7) is 2.88. The van der Waals surface area contributed by atoms with Crippen molar-refractivity contribution in [3.63, 3.8) is 0 Å². The Bertz CT molecular complexity index is 308. The number of hydrogen-bond donors (Lipinski definition) is 2. The zero-order valence-electron chi connectivity index (χ0n) is 9.89. The Balaban J connectivity index is 1.80. The van der Waals surface area contributed by atoms with Crippen LogP contribution in [0.1, 0.15) is 37.9 Å². The van der Waals surface area contributed by atoms with E-state index >= 15 is 0 Å². The number of benzene rings is 1. The van der Waals surface area contributed by atoms with E-state index in [9.17, 15) is 5.11 Å². The van der Waals surface area contributed by atoms with E-state index in [-0.39, 0.29) is 6.10 Å². The lowest BCUT2D eigenvalue weighted by molar-refractivity contribution is 0.167. The van der Waals surface area contributed by atoms with Gasteiger partial charge in [0.25, 0.3) is 0 Å². The standard InChI is InChI=1S/C14H21NO/c1-2-13(11-8-9-11)15-10-14(16)12-6-4-3-5-7-12/h3-7,11,13-16H,2,8-10H2,1H3. The number of aliphatic hydroxyl groups excluding tert-OH is 1. The van der Waals surface area contributed by atoms with Gasteiger partial charge in [-0.25, -0.2) is 0 Å². The number of hydrogen-bond acceptors (Lipinski definition) is 2. The fraction of sp³-hybridized carbons (Fsp3) is 0.571. The fourth-order valence-electron chi connectivity index (χ4n) is 2.20. The first kappa shape index (κ1) is 11.6. The largest absolute Gasteiger partial charge is 0.387 e. The van der Waals surface area contributed by atoms with E-state index in [0.29, 0.717) is 12.6 Å². The number of nitrogens with one attached hydrogen (secondary N) is 1. The van der Waals surface area contributed by atoms with Crippen molar-refractivity contribution in [1.82, 2.24) is 5.32 Å².